The number of carbonyl (C=O) groups excluding carboxylic acids is 1. The minimum atomic E-state index is -0.160. The van der Waals surface area contributed by atoms with Crippen molar-refractivity contribution in [2.24, 2.45) is 0 Å². The van der Waals surface area contributed by atoms with Gasteiger partial charge in [0.25, 0.3) is 0 Å². The zero-order valence-corrected chi connectivity index (χ0v) is 9.94. The van der Waals surface area contributed by atoms with Gasteiger partial charge in [-0.1, -0.05) is 31.5 Å². The Balaban J connectivity index is 1.92. The van der Waals surface area contributed by atoms with Crippen LogP contribution in [0.3, 0.4) is 0 Å². The van der Waals surface area contributed by atoms with Crippen molar-refractivity contribution < 1.29 is 13.9 Å². The summed E-state index contributed by atoms with van der Waals surface area (Å²) in [6, 6.07) is 9.65. The van der Waals surface area contributed by atoms with Crippen molar-refractivity contribution >= 4 is 16.9 Å². The molecule has 0 atom stereocenters. The standard InChI is InChI=1S/C14H16O3/c1-2-3-8-14(15)16-10-12-9-11-6-4-5-7-13(11)17-12/h4-7,9H,2-3,8,10H2,1H3. The number of benzene rings is 1. The fourth-order valence-corrected chi connectivity index (χ4v) is 1.65. The van der Waals surface area contributed by atoms with Gasteiger partial charge in [-0.2, -0.15) is 0 Å². The minimum Gasteiger partial charge on any atom is -0.457 e. The molecule has 0 saturated heterocycles. The SMILES string of the molecule is CCCCC(=O)OCc1cc2ccccc2o1. The Bertz CT molecular complexity index is 466. The lowest BCUT2D eigenvalue weighted by molar-refractivity contribution is -0.145. The van der Waals surface area contributed by atoms with Crippen LogP contribution >= 0.6 is 0 Å². The van der Waals surface area contributed by atoms with Crippen LogP contribution in [0, 0.1) is 0 Å². The summed E-state index contributed by atoms with van der Waals surface area (Å²) in [5, 5.41) is 1.03. The van der Waals surface area contributed by atoms with Gasteiger partial charge in [-0.15, -0.1) is 0 Å². The van der Waals surface area contributed by atoms with Gasteiger partial charge in [0, 0.05) is 11.8 Å². The third-order valence-corrected chi connectivity index (χ3v) is 2.59. The van der Waals surface area contributed by atoms with Crippen molar-refractivity contribution in [1.29, 1.82) is 0 Å². The number of para-hydroxylation sites is 1. The molecule has 90 valence electrons. The second-order valence-corrected chi connectivity index (χ2v) is 4.01. The van der Waals surface area contributed by atoms with E-state index in [4.69, 9.17) is 9.15 Å². The molecule has 0 N–H and O–H groups in total. The Hall–Kier alpha value is -1.77. The van der Waals surface area contributed by atoms with Crippen LogP contribution in [0.15, 0.2) is 34.7 Å². The van der Waals surface area contributed by atoms with Crippen molar-refractivity contribution in [3.05, 3.63) is 36.1 Å². The van der Waals surface area contributed by atoms with E-state index in [1.54, 1.807) is 0 Å². The van der Waals surface area contributed by atoms with Gasteiger partial charge in [0.1, 0.15) is 18.0 Å². The minimum absolute atomic E-state index is 0.160. The molecule has 0 unspecified atom stereocenters. The third kappa shape index (κ3) is 3.09. The highest BCUT2D eigenvalue weighted by Crippen LogP contribution is 2.19. The van der Waals surface area contributed by atoms with Crippen LogP contribution in [0.4, 0.5) is 0 Å². The van der Waals surface area contributed by atoms with E-state index in [0.717, 1.165) is 23.8 Å². The number of hydrogen-bond donors (Lipinski definition) is 0. The number of carbonyl (C=O) groups is 1. The van der Waals surface area contributed by atoms with Gasteiger partial charge in [0.2, 0.25) is 0 Å². The molecule has 0 aliphatic heterocycles. The van der Waals surface area contributed by atoms with Gasteiger partial charge in [-0.05, 0) is 18.6 Å². The van der Waals surface area contributed by atoms with E-state index in [2.05, 4.69) is 0 Å². The first-order valence-corrected chi connectivity index (χ1v) is 5.92. The third-order valence-electron chi connectivity index (χ3n) is 2.59. The van der Waals surface area contributed by atoms with Crippen molar-refractivity contribution in [2.75, 3.05) is 0 Å². The quantitative estimate of drug-likeness (QED) is 0.738. The average molecular weight is 232 g/mol. The maximum absolute atomic E-state index is 11.3. The molecule has 1 aromatic heterocycles. The summed E-state index contributed by atoms with van der Waals surface area (Å²) in [6.45, 7) is 2.27. The summed E-state index contributed by atoms with van der Waals surface area (Å²) in [5.41, 5.74) is 0.826. The van der Waals surface area contributed by atoms with Crippen molar-refractivity contribution in [3.8, 4) is 0 Å². The molecule has 3 heteroatoms. The summed E-state index contributed by atoms with van der Waals surface area (Å²) in [5.74, 6) is 0.531. The van der Waals surface area contributed by atoms with Crippen LogP contribution in [0.5, 0.6) is 0 Å². The Morgan fingerprint density at radius 3 is 2.94 bits per heavy atom. The molecule has 17 heavy (non-hydrogen) atoms. The highest BCUT2D eigenvalue weighted by molar-refractivity contribution is 5.77. The average Bonchev–Trinajstić information content (AvgIpc) is 2.76. The molecule has 0 fully saturated rings. The maximum Gasteiger partial charge on any atom is 0.306 e. The maximum atomic E-state index is 11.3. The predicted molar refractivity (Wildman–Crippen MR) is 65.5 cm³/mol. The second-order valence-electron chi connectivity index (χ2n) is 4.01. The number of hydrogen-bond acceptors (Lipinski definition) is 3. The van der Waals surface area contributed by atoms with E-state index in [9.17, 15) is 4.79 Å². The molecule has 0 radical (unpaired) electrons. The largest absolute Gasteiger partial charge is 0.457 e. The van der Waals surface area contributed by atoms with E-state index in [1.807, 2.05) is 37.3 Å². The van der Waals surface area contributed by atoms with Gasteiger partial charge in [0.15, 0.2) is 0 Å². The zero-order chi connectivity index (χ0) is 12.1. The normalized spacial score (nSPS) is 10.6. The number of ether oxygens (including phenoxy) is 1. The first-order chi connectivity index (χ1) is 8.29. The van der Waals surface area contributed by atoms with Crippen LogP contribution in [-0.2, 0) is 16.1 Å². The highest BCUT2D eigenvalue weighted by Gasteiger charge is 2.06. The first kappa shape index (κ1) is 11.7. The number of rotatable bonds is 5. The van der Waals surface area contributed by atoms with Crippen LogP contribution < -0.4 is 0 Å². The van der Waals surface area contributed by atoms with E-state index < -0.39 is 0 Å². The van der Waals surface area contributed by atoms with E-state index in [1.165, 1.54) is 0 Å². The Kier molecular flexibility index (Phi) is 3.81. The van der Waals surface area contributed by atoms with Crippen LogP contribution in [-0.4, -0.2) is 5.97 Å². The number of fused-ring (bicyclic) bond motifs is 1. The number of esters is 1. The molecule has 1 heterocycles. The molecule has 0 aliphatic rings. The van der Waals surface area contributed by atoms with E-state index in [-0.39, 0.29) is 12.6 Å². The molecule has 0 saturated carbocycles. The van der Waals surface area contributed by atoms with Gasteiger partial charge in [-0.25, -0.2) is 0 Å². The molecular formula is C14H16O3. The summed E-state index contributed by atoms with van der Waals surface area (Å²) >= 11 is 0. The number of unbranched alkanes of at least 4 members (excludes halogenated alkanes) is 1. The molecule has 3 nitrogen and oxygen atoms in total. The van der Waals surface area contributed by atoms with Crippen molar-refractivity contribution in [1.82, 2.24) is 0 Å². The van der Waals surface area contributed by atoms with Crippen LogP contribution in [0.25, 0.3) is 11.0 Å². The van der Waals surface area contributed by atoms with Gasteiger partial charge in [-0.3, -0.25) is 4.79 Å². The lowest BCUT2D eigenvalue weighted by Gasteiger charge is -2.01. The number of furan rings is 1. The molecule has 0 bridgehead atoms. The second kappa shape index (κ2) is 5.53. The molecular weight excluding hydrogens is 216 g/mol. The van der Waals surface area contributed by atoms with Gasteiger partial charge < -0.3 is 9.15 Å². The molecule has 0 aliphatic carbocycles. The summed E-state index contributed by atoms with van der Waals surface area (Å²) in [4.78, 5) is 11.3. The smallest absolute Gasteiger partial charge is 0.306 e. The van der Waals surface area contributed by atoms with E-state index >= 15 is 0 Å². The van der Waals surface area contributed by atoms with E-state index in [0.29, 0.717) is 12.2 Å². The predicted octanol–water partition coefficient (Wildman–Crippen LogP) is 3.67. The summed E-state index contributed by atoms with van der Waals surface area (Å²) in [7, 11) is 0. The van der Waals surface area contributed by atoms with Gasteiger partial charge >= 0.3 is 5.97 Å². The monoisotopic (exact) mass is 232 g/mol. The Morgan fingerprint density at radius 1 is 1.35 bits per heavy atom. The molecule has 1 aromatic carbocycles. The summed E-state index contributed by atoms with van der Waals surface area (Å²) in [6.07, 6.45) is 2.36. The van der Waals surface area contributed by atoms with Crippen LogP contribution in [0.1, 0.15) is 31.9 Å². The highest BCUT2D eigenvalue weighted by atomic mass is 16.5. The Morgan fingerprint density at radius 2 is 2.18 bits per heavy atom. The molecule has 2 aromatic rings. The topological polar surface area (TPSA) is 39.4 Å². The molecule has 0 spiro atoms. The van der Waals surface area contributed by atoms with Gasteiger partial charge in [0.05, 0.1) is 0 Å². The first-order valence-electron chi connectivity index (χ1n) is 5.92. The van der Waals surface area contributed by atoms with Crippen molar-refractivity contribution in [3.63, 3.8) is 0 Å². The van der Waals surface area contributed by atoms with Crippen molar-refractivity contribution in [2.45, 2.75) is 32.8 Å². The molecule has 2 rings (SSSR count). The summed E-state index contributed by atoms with van der Waals surface area (Å²) < 4.78 is 10.7. The molecule has 0 amide bonds. The van der Waals surface area contributed by atoms with Crippen LogP contribution in [0.2, 0.25) is 0 Å². The Labute approximate surface area is 100 Å². The lowest BCUT2D eigenvalue weighted by atomic mass is 10.2. The zero-order valence-electron chi connectivity index (χ0n) is 9.94. The lowest BCUT2D eigenvalue weighted by Crippen LogP contribution is -2.03. The fraction of sp³-hybridized carbons (Fsp3) is 0.357. The fourth-order valence-electron chi connectivity index (χ4n) is 1.65.